The van der Waals surface area contributed by atoms with E-state index in [2.05, 4.69) is 51.8 Å². The molecular weight excluding hydrogens is 258 g/mol. The predicted octanol–water partition coefficient (Wildman–Crippen LogP) is 1.76. The van der Waals surface area contributed by atoms with Crippen LogP contribution in [-0.2, 0) is 0 Å². The molecule has 96 valence electrons. The Labute approximate surface area is 116 Å². The van der Waals surface area contributed by atoms with Gasteiger partial charge in [-0.05, 0) is 24.7 Å². The number of aromatic nitrogens is 2. The first kappa shape index (κ1) is 11.9. The lowest BCUT2D eigenvalue weighted by molar-refractivity contribution is 0.748. The Balaban J connectivity index is 2.13. The summed E-state index contributed by atoms with van der Waals surface area (Å²) in [6.45, 7) is 2.05. The molecule has 1 unspecified atom stereocenters. The van der Waals surface area contributed by atoms with Gasteiger partial charge in [0.05, 0.1) is 11.6 Å². The number of thiocarbonyl (C=S) groups is 1. The topological polar surface area (TPSA) is 75.9 Å². The molecule has 1 atom stereocenters. The van der Waals surface area contributed by atoms with Crippen LogP contribution in [0.1, 0.15) is 22.7 Å². The van der Waals surface area contributed by atoms with Gasteiger partial charge >= 0.3 is 0 Å². The van der Waals surface area contributed by atoms with E-state index in [9.17, 15) is 0 Å². The fourth-order valence-corrected chi connectivity index (χ4v) is 2.36. The average molecular weight is 271 g/mol. The number of rotatable bonds is 1. The summed E-state index contributed by atoms with van der Waals surface area (Å²) in [6.07, 6.45) is 1.43. The van der Waals surface area contributed by atoms with Crippen LogP contribution in [-0.4, -0.2) is 15.1 Å². The van der Waals surface area contributed by atoms with Gasteiger partial charge in [0.25, 0.3) is 0 Å². The summed E-state index contributed by atoms with van der Waals surface area (Å²) in [4.78, 5) is 8.25. The van der Waals surface area contributed by atoms with E-state index in [0.29, 0.717) is 16.7 Å². The van der Waals surface area contributed by atoms with Gasteiger partial charge in [0.15, 0.2) is 5.11 Å². The van der Waals surface area contributed by atoms with E-state index in [4.69, 9.17) is 18.0 Å². The Morgan fingerprint density at radius 3 is 2.68 bits per heavy atom. The highest BCUT2D eigenvalue weighted by Crippen LogP contribution is 2.33. The number of nitrogens with zero attached hydrogens (tertiary/aromatic N) is 2. The van der Waals surface area contributed by atoms with Crippen LogP contribution in [0, 0.1) is 6.92 Å². The molecule has 0 amide bonds. The van der Waals surface area contributed by atoms with Gasteiger partial charge in [-0.15, -0.1) is 0 Å². The van der Waals surface area contributed by atoms with Gasteiger partial charge in [-0.25, -0.2) is 9.97 Å². The number of aryl methyl sites for hydroxylation is 1. The third kappa shape index (κ3) is 2.10. The molecule has 3 rings (SSSR count). The normalized spacial score (nSPS) is 17.3. The molecule has 6 heteroatoms. The van der Waals surface area contributed by atoms with E-state index in [1.165, 1.54) is 11.9 Å². The van der Waals surface area contributed by atoms with Crippen molar-refractivity contribution in [3.63, 3.8) is 0 Å². The minimum Gasteiger partial charge on any atom is -0.383 e. The van der Waals surface area contributed by atoms with E-state index >= 15 is 0 Å². The smallest absolute Gasteiger partial charge is 0.172 e. The Morgan fingerprint density at radius 2 is 1.95 bits per heavy atom. The maximum absolute atomic E-state index is 5.97. The largest absolute Gasteiger partial charge is 0.383 e. The lowest BCUT2D eigenvalue weighted by Crippen LogP contribution is -2.39. The summed E-state index contributed by atoms with van der Waals surface area (Å²) in [5.41, 5.74) is 9.09. The zero-order valence-electron chi connectivity index (χ0n) is 10.3. The maximum Gasteiger partial charge on any atom is 0.172 e. The van der Waals surface area contributed by atoms with E-state index in [-0.39, 0.29) is 6.04 Å². The fraction of sp³-hybridized carbons (Fsp3) is 0.154. The van der Waals surface area contributed by atoms with Crippen molar-refractivity contribution in [3.05, 3.63) is 47.3 Å². The van der Waals surface area contributed by atoms with Crippen molar-refractivity contribution < 1.29 is 0 Å². The highest BCUT2D eigenvalue weighted by Gasteiger charge is 2.27. The van der Waals surface area contributed by atoms with E-state index in [1.54, 1.807) is 0 Å². The summed E-state index contributed by atoms with van der Waals surface area (Å²) in [7, 11) is 0. The minimum atomic E-state index is -0.120. The lowest BCUT2D eigenvalue weighted by atomic mass is 9.97. The zero-order chi connectivity index (χ0) is 13.4. The minimum absolute atomic E-state index is 0.120. The first-order valence-corrected chi connectivity index (χ1v) is 6.30. The zero-order valence-corrected chi connectivity index (χ0v) is 11.2. The third-order valence-corrected chi connectivity index (χ3v) is 3.34. The Kier molecular flexibility index (Phi) is 2.79. The molecule has 1 aromatic carbocycles. The molecular formula is C13H13N5S. The van der Waals surface area contributed by atoms with Gasteiger partial charge in [0, 0.05) is 0 Å². The van der Waals surface area contributed by atoms with Crippen LogP contribution in [0.4, 0.5) is 11.6 Å². The Morgan fingerprint density at radius 1 is 1.21 bits per heavy atom. The van der Waals surface area contributed by atoms with Crippen molar-refractivity contribution in [2.24, 2.45) is 0 Å². The van der Waals surface area contributed by atoms with Crippen molar-refractivity contribution in [2.75, 3.05) is 11.1 Å². The standard InChI is InChI=1S/C13H13N5S/c1-7-2-4-8(5-3-7)10-9-11(14)15-6-16-12(9)18-13(19)17-10/h2-6,10H,1H3,(H4,14,15,16,17,18,19). The molecule has 2 heterocycles. The van der Waals surface area contributed by atoms with Crippen LogP contribution >= 0.6 is 12.2 Å². The van der Waals surface area contributed by atoms with Gasteiger partial charge in [0.1, 0.15) is 18.0 Å². The molecule has 1 aliphatic heterocycles. The van der Waals surface area contributed by atoms with Crippen molar-refractivity contribution >= 4 is 29.0 Å². The molecule has 5 nitrogen and oxygen atoms in total. The number of nitrogens with one attached hydrogen (secondary N) is 2. The highest BCUT2D eigenvalue weighted by atomic mass is 32.1. The molecule has 1 aromatic heterocycles. The van der Waals surface area contributed by atoms with Gasteiger partial charge in [0.2, 0.25) is 0 Å². The van der Waals surface area contributed by atoms with Gasteiger partial charge in [-0.2, -0.15) is 0 Å². The predicted molar refractivity (Wildman–Crippen MR) is 78.8 cm³/mol. The van der Waals surface area contributed by atoms with Crippen LogP contribution in [0.25, 0.3) is 0 Å². The second-order valence-corrected chi connectivity index (χ2v) is 4.87. The SMILES string of the molecule is Cc1ccc(C2NC(=S)Nc3ncnc(N)c32)cc1. The number of benzene rings is 1. The number of nitrogen functional groups attached to an aromatic ring is 1. The molecule has 2 aromatic rings. The van der Waals surface area contributed by atoms with E-state index < -0.39 is 0 Å². The number of hydrogen-bond donors (Lipinski definition) is 3. The van der Waals surface area contributed by atoms with Crippen molar-refractivity contribution in [1.82, 2.24) is 15.3 Å². The first-order chi connectivity index (χ1) is 9.15. The van der Waals surface area contributed by atoms with Gasteiger partial charge < -0.3 is 16.4 Å². The molecule has 0 saturated carbocycles. The van der Waals surface area contributed by atoms with Crippen LogP contribution in [0.3, 0.4) is 0 Å². The van der Waals surface area contributed by atoms with Crippen molar-refractivity contribution in [3.8, 4) is 0 Å². The second kappa shape index (κ2) is 4.47. The summed E-state index contributed by atoms with van der Waals surface area (Å²) < 4.78 is 0. The molecule has 0 radical (unpaired) electrons. The average Bonchev–Trinajstić information content (AvgIpc) is 2.38. The monoisotopic (exact) mass is 271 g/mol. The lowest BCUT2D eigenvalue weighted by Gasteiger charge is -2.29. The number of fused-ring (bicyclic) bond motifs is 1. The van der Waals surface area contributed by atoms with Crippen molar-refractivity contribution in [1.29, 1.82) is 0 Å². The van der Waals surface area contributed by atoms with E-state index in [0.717, 1.165) is 11.1 Å². The van der Waals surface area contributed by atoms with Crippen LogP contribution in [0.15, 0.2) is 30.6 Å². The van der Waals surface area contributed by atoms with Gasteiger partial charge in [-0.3, -0.25) is 0 Å². The molecule has 0 spiro atoms. The summed E-state index contributed by atoms with van der Waals surface area (Å²) in [5.74, 6) is 1.12. The number of anilines is 2. The highest BCUT2D eigenvalue weighted by molar-refractivity contribution is 7.80. The first-order valence-electron chi connectivity index (χ1n) is 5.89. The molecule has 4 N–H and O–H groups in total. The van der Waals surface area contributed by atoms with Gasteiger partial charge in [-0.1, -0.05) is 29.8 Å². The van der Waals surface area contributed by atoms with Crippen LogP contribution in [0.5, 0.6) is 0 Å². The molecule has 0 fully saturated rings. The Hall–Kier alpha value is -2.21. The second-order valence-electron chi connectivity index (χ2n) is 4.46. The molecule has 0 saturated heterocycles. The summed E-state index contributed by atoms with van der Waals surface area (Å²) >= 11 is 5.20. The van der Waals surface area contributed by atoms with Crippen LogP contribution < -0.4 is 16.4 Å². The molecule has 0 bridgehead atoms. The van der Waals surface area contributed by atoms with E-state index in [1.807, 2.05) is 0 Å². The third-order valence-electron chi connectivity index (χ3n) is 3.12. The molecule has 1 aliphatic rings. The fourth-order valence-electron chi connectivity index (χ4n) is 2.15. The number of hydrogen-bond acceptors (Lipinski definition) is 4. The van der Waals surface area contributed by atoms with Crippen LogP contribution in [0.2, 0.25) is 0 Å². The maximum atomic E-state index is 5.97. The Bertz CT molecular complexity index is 638. The van der Waals surface area contributed by atoms with Crippen molar-refractivity contribution in [2.45, 2.75) is 13.0 Å². The summed E-state index contributed by atoms with van der Waals surface area (Å²) in [5, 5.41) is 6.75. The molecule has 0 aliphatic carbocycles. The number of nitrogens with two attached hydrogens (primary N) is 1. The summed E-state index contributed by atoms with van der Waals surface area (Å²) in [6, 6.07) is 8.10. The molecule has 19 heavy (non-hydrogen) atoms. The quantitative estimate of drug-likeness (QED) is 0.686.